The minimum atomic E-state index is -1.43. The van der Waals surface area contributed by atoms with E-state index < -0.39 is 48.0 Å². The zero-order chi connectivity index (χ0) is 28.5. The lowest BCUT2D eigenvalue weighted by Gasteiger charge is -2.32. The smallest absolute Gasteiger partial charge is 0.409 e. The summed E-state index contributed by atoms with van der Waals surface area (Å²) in [6, 6.07) is 0. The Morgan fingerprint density at radius 2 is 1.95 bits per heavy atom. The van der Waals surface area contributed by atoms with Crippen molar-refractivity contribution in [2.45, 2.75) is 90.3 Å². The Balaban J connectivity index is 2.11. The lowest BCUT2D eigenvalue weighted by molar-refractivity contribution is -0.157. The van der Waals surface area contributed by atoms with Crippen LogP contribution in [0.25, 0.3) is 0 Å². The molecule has 0 spiro atoms. The van der Waals surface area contributed by atoms with E-state index in [9.17, 15) is 29.7 Å². The van der Waals surface area contributed by atoms with Crippen LogP contribution in [0.1, 0.15) is 60.3 Å². The highest BCUT2D eigenvalue weighted by molar-refractivity contribution is 5.70. The van der Waals surface area contributed by atoms with Crippen molar-refractivity contribution in [3.8, 4) is 0 Å². The van der Waals surface area contributed by atoms with E-state index in [0.717, 1.165) is 5.57 Å². The third kappa shape index (κ3) is 10.2. The quantitative estimate of drug-likeness (QED) is 0.202. The van der Waals surface area contributed by atoms with Gasteiger partial charge < -0.3 is 34.4 Å². The molecular formula is C28H43NO9. The van der Waals surface area contributed by atoms with E-state index in [1.807, 2.05) is 26.8 Å². The maximum atomic E-state index is 12.5. The van der Waals surface area contributed by atoms with Gasteiger partial charge in [0, 0.05) is 31.8 Å². The molecule has 7 atom stereocenters. The molecule has 10 heteroatoms. The number of esters is 2. The molecule has 2 aliphatic rings. The largest absolute Gasteiger partial charge is 0.457 e. The Bertz CT molecular complexity index is 910. The van der Waals surface area contributed by atoms with Crippen LogP contribution in [0.2, 0.25) is 0 Å². The fourth-order valence-electron chi connectivity index (χ4n) is 4.38. The van der Waals surface area contributed by atoms with Crippen molar-refractivity contribution in [2.24, 2.45) is 11.8 Å². The van der Waals surface area contributed by atoms with Crippen molar-refractivity contribution in [1.29, 1.82) is 0 Å². The fraction of sp³-hybridized carbons (Fsp3) is 0.679. The highest BCUT2D eigenvalue weighted by Gasteiger charge is 2.35. The number of likely N-dealkylation sites (tertiary alicyclic amines) is 1. The van der Waals surface area contributed by atoms with Crippen molar-refractivity contribution < 1.29 is 43.9 Å². The first-order valence-corrected chi connectivity index (χ1v) is 13.2. The molecule has 2 aliphatic heterocycles. The summed E-state index contributed by atoms with van der Waals surface area (Å²) in [6.07, 6.45) is 5.86. The number of cyclic esters (lactones) is 1. The molecule has 38 heavy (non-hydrogen) atoms. The number of hydrogen-bond acceptors (Lipinski definition) is 9. The molecule has 0 unspecified atom stereocenters. The van der Waals surface area contributed by atoms with Crippen LogP contribution in [0, 0.1) is 11.8 Å². The average Bonchev–Trinajstić information content (AvgIpc) is 3.27. The summed E-state index contributed by atoms with van der Waals surface area (Å²) >= 11 is 0. The lowest BCUT2D eigenvalue weighted by Crippen LogP contribution is -2.42. The molecule has 0 aromatic rings. The minimum absolute atomic E-state index is 0.0754. The van der Waals surface area contributed by atoms with E-state index >= 15 is 0 Å². The number of carbonyl (C=O) groups is 3. The number of amides is 1. The molecule has 2 heterocycles. The van der Waals surface area contributed by atoms with E-state index in [2.05, 4.69) is 0 Å². The van der Waals surface area contributed by atoms with E-state index in [1.165, 1.54) is 18.7 Å². The molecule has 214 valence electrons. The molecule has 1 saturated heterocycles. The van der Waals surface area contributed by atoms with Crippen molar-refractivity contribution in [3.05, 3.63) is 36.0 Å². The first kappa shape index (κ1) is 31.5. The number of allylic oxidation sites excluding steroid dienone is 2. The van der Waals surface area contributed by atoms with Crippen molar-refractivity contribution in [2.75, 3.05) is 19.7 Å². The highest BCUT2D eigenvalue weighted by atomic mass is 16.6. The standard InChI is InChI=1S/C28H43NO9/c1-18(17-36-27(34)29-14-12-23(32)16-29)7-6-8-19(2)26-20(3)9-10-24(37-21(4)30)28(5,35)13-11-22(31)15-25(33)38-26/h6-10,18,20,22-24,26,31-32,35H,11-17H2,1-5H3/b7-6+,10-9+,19-8+/t18-,20+,22+,23-,24+,26-,28+/m1/s1. The number of β-amino-alcohol motifs (C(OH)–C–C–N with tert-alkyl or cyclic N) is 1. The summed E-state index contributed by atoms with van der Waals surface area (Å²) < 4.78 is 16.4. The summed E-state index contributed by atoms with van der Waals surface area (Å²) in [4.78, 5) is 37.8. The number of aliphatic hydroxyl groups excluding tert-OH is 2. The Morgan fingerprint density at radius 3 is 2.58 bits per heavy atom. The van der Waals surface area contributed by atoms with Crippen LogP contribution < -0.4 is 0 Å². The van der Waals surface area contributed by atoms with E-state index in [-0.39, 0.29) is 44.2 Å². The predicted octanol–water partition coefficient (Wildman–Crippen LogP) is 2.66. The maximum Gasteiger partial charge on any atom is 0.409 e. The van der Waals surface area contributed by atoms with Crippen LogP contribution in [0.5, 0.6) is 0 Å². The van der Waals surface area contributed by atoms with E-state index in [4.69, 9.17) is 14.2 Å². The van der Waals surface area contributed by atoms with Crippen LogP contribution in [0.4, 0.5) is 4.79 Å². The zero-order valence-corrected chi connectivity index (χ0v) is 23.0. The summed E-state index contributed by atoms with van der Waals surface area (Å²) in [7, 11) is 0. The van der Waals surface area contributed by atoms with Crippen LogP contribution >= 0.6 is 0 Å². The number of aliphatic hydroxyl groups is 3. The van der Waals surface area contributed by atoms with Gasteiger partial charge >= 0.3 is 18.0 Å². The number of hydrogen-bond donors (Lipinski definition) is 3. The lowest BCUT2D eigenvalue weighted by atomic mass is 9.88. The first-order valence-electron chi connectivity index (χ1n) is 13.2. The number of ether oxygens (including phenoxy) is 3. The average molecular weight is 538 g/mol. The van der Waals surface area contributed by atoms with Gasteiger partial charge in [-0.15, -0.1) is 0 Å². The van der Waals surface area contributed by atoms with E-state index in [1.54, 1.807) is 24.3 Å². The van der Waals surface area contributed by atoms with Gasteiger partial charge in [-0.05, 0) is 44.8 Å². The summed E-state index contributed by atoms with van der Waals surface area (Å²) in [5.74, 6) is -1.50. The van der Waals surface area contributed by atoms with Gasteiger partial charge in [-0.1, -0.05) is 38.2 Å². The number of rotatable bonds is 6. The molecule has 0 saturated carbocycles. The van der Waals surface area contributed by atoms with Gasteiger partial charge in [0.05, 0.1) is 25.2 Å². The molecular weight excluding hydrogens is 494 g/mol. The Labute approximate surface area is 224 Å². The second-order valence-corrected chi connectivity index (χ2v) is 10.7. The Kier molecular flexibility index (Phi) is 12.0. The molecule has 0 radical (unpaired) electrons. The second-order valence-electron chi connectivity index (χ2n) is 10.7. The van der Waals surface area contributed by atoms with Gasteiger partial charge in [-0.3, -0.25) is 9.59 Å². The number of nitrogens with zero attached hydrogens (tertiary/aromatic N) is 1. The van der Waals surface area contributed by atoms with Gasteiger partial charge in [0.1, 0.15) is 17.8 Å². The van der Waals surface area contributed by atoms with Crippen LogP contribution in [0.3, 0.4) is 0 Å². The van der Waals surface area contributed by atoms with Gasteiger partial charge in [0.2, 0.25) is 0 Å². The van der Waals surface area contributed by atoms with Crippen molar-refractivity contribution in [3.63, 3.8) is 0 Å². The minimum Gasteiger partial charge on any atom is -0.457 e. The molecule has 2 rings (SSSR count). The number of carbonyl (C=O) groups excluding carboxylic acids is 3. The van der Waals surface area contributed by atoms with Crippen LogP contribution in [-0.4, -0.2) is 88.0 Å². The summed E-state index contributed by atoms with van der Waals surface area (Å²) in [5, 5.41) is 30.8. The normalized spacial score (nSPS) is 33.2. The molecule has 3 N–H and O–H groups in total. The van der Waals surface area contributed by atoms with Crippen molar-refractivity contribution in [1.82, 2.24) is 4.90 Å². The second kappa shape index (κ2) is 14.5. The third-order valence-corrected chi connectivity index (χ3v) is 6.76. The summed E-state index contributed by atoms with van der Waals surface area (Å²) in [5.41, 5.74) is -0.687. The van der Waals surface area contributed by atoms with Crippen molar-refractivity contribution >= 4 is 18.0 Å². The maximum absolute atomic E-state index is 12.5. The van der Waals surface area contributed by atoms with Gasteiger partial charge in [0.15, 0.2) is 0 Å². The van der Waals surface area contributed by atoms with E-state index in [0.29, 0.717) is 13.0 Å². The predicted molar refractivity (Wildman–Crippen MR) is 140 cm³/mol. The Hall–Kier alpha value is -2.69. The molecule has 10 nitrogen and oxygen atoms in total. The SMILES string of the molecule is CC(=O)O[C@H]1/C=C/[C@H](C)[C@@H](/C(C)=C/C=C/[C@@H](C)COC(=O)N2CC[C@@H](O)C2)OC(=O)C[C@@H](O)CC[C@]1(C)O. The fourth-order valence-corrected chi connectivity index (χ4v) is 4.38. The molecule has 1 fully saturated rings. The van der Waals surface area contributed by atoms with Gasteiger partial charge in [-0.25, -0.2) is 4.79 Å². The summed E-state index contributed by atoms with van der Waals surface area (Å²) in [6.45, 7) is 9.31. The van der Waals surface area contributed by atoms with Gasteiger partial charge in [0.25, 0.3) is 0 Å². The monoisotopic (exact) mass is 537 g/mol. The molecule has 1 amide bonds. The zero-order valence-electron chi connectivity index (χ0n) is 23.0. The molecule has 0 aromatic heterocycles. The highest BCUT2D eigenvalue weighted by Crippen LogP contribution is 2.27. The van der Waals surface area contributed by atoms with Crippen LogP contribution in [0.15, 0.2) is 36.0 Å². The first-order chi connectivity index (χ1) is 17.8. The molecule has 0 bridgehead atoms. The molecule has 0 aromatic carbocycles. The Morgan fingerprint density at radius 1 is 1.24 bits per heavy atom. The molecule has 0 aliphatic carbocycles. The van der Waals surface area contributed by atoms with Gasteiger partial charge in [-0.2, -0.15) is 0 Å². The topological polar surface area (TPSA) is 143 Å². The third-order valence-electron chi connectivity index (χ3n) is 6.76. The van der Waals surface area contributed by atoms with Crippen LogP contribution in [-0.2, 0) is 23.8 Å².